The van der Waals surface area contributed by atoms with E-state index in [0.717, 1.165) is 12.1 Å². The Morgan fingerprint density at radius 1 is 1.19 bits per heavy atom. The molecule has 0 bridgehead atoms. The molecular weight excluding hydrogens is 268 g/mol. The molecule has 0 radical (unpaired) electrons. The summed E-state index contributed by atoms with van der Waals surface area (Å²) in [5.41, 5.74) is 2.12. The monoisotopic (exact) mass is 284 g/mol. The number of carbonyl (C=O) groups is 2. The minimum Gasteiger partial charge on any atom is -0.459 e. The predicted octanol–water partition coefficient (Wildman–Crippen LogP) is 1.99. The zero-order valence-electron chi connectivity index (χ0n) is 11.5. The van der Waals surface area contributed by atoms with Crippen molar-refractivity contribution in [3.8, 4) is 0 Å². The van der Waals surface area contributed by atoms with Crippen molar-refractivity contribution in [2.45, 2.75) is 12.8 Å². The van der Waals surface area contributed by atoms with Crippen LogP contribution in [0.25, 0.3) is 0 Å². The van der Waals surface area contributed by atoms with Gasteiger partial charge in [0.05, 0.1) is 6.26 Å². The van der Waals surface area contributed by atoms with Gasteiger partial charge in [-0.05, 0) is 30.2 Å². The van der Waals surface area contributed by atoms with Gasteiger partial charge in [0.2, 0.25) is 5.91 Å². The van der Waals surface area contributed by atoms with Crippen molar-refractivity contribution in [3.63, 3.8) is 0 Å². The molecule has 1 aliphatic heterocycles. The standard InChI is InChI=1S/C16H16N2O3/c19-15-8-7-12-4-1-2-5-13(12)18(15)10-9-17-16(20)14-6-3-11-21-14/h1-6,11H,7-10H2,(H,17,20). The van der Waals surface area contributed by atoms with Crippen LogP contribution in [0.4, 0.5) is 5.69 Å². The highest BCUT2D eigenvalue weighted by Crippen LogP contribution is 2.26. The van der Waals surface area contributed by atoms with Crippen LogP contribution in [-0.4, -0.2) is 24.9 Å². The summed E-state index contributed by atoms with van der Waals surface area (Å²) in [5.74, 6) is 0.110. The number of fused-ring (bicyclic) bond motifs is 1. The van der Waals surface area contributed by atoms with E-state index in [0.29, 0.717) is 19.5 Å². The van der Waals surface area contributed by atoms with Gasteiger partial charge in [-0.15, -0.1) is 0 Å². The van der Waals surface area contributed by atoms with Crippen molar-refractivity contribution in [2.24, 2.45) is 0 Å². The van der Waals surface area contributed by atoms with E-state index < -0.39 is 0 Å². The normalized spacial score (nSPS) is 13.9. The number of rotatable bonds is 4. The first-order chi connectivity index (χ1) is 10.3. The van der Waals surface area contributed by atoms with Gasteiger partial charge in [0.25, 0.3) is 5.91 Å². The summed E-state index contributed by atoms with van der Waals surface area (Å²) in [6, 6.07) is 11.2. The average molecular weight is 284 g/mol. The third-order valence-corrected chi connectivity index (χ3v) is 3.56. The van der Waals surface area contributed by atoms with Crippen LogP contribution in [0.5, 0.6) is 0 Å². The smallest absolute Gasteiger partial charge is 0.287 e. The molecule has 2 aromatic rings. The second kappa shape index (κ2) is 5.83. The molecule has 21 heavy (non-hydrogen) atoms. The quantitative estimate of drug-likeness (QED) is 0.934. The summed E-state index contributed by atoms with van der Waals surface area (Å²) in [6.45, 7) is 0.849. The van der Waals surface area contributed by atoms with Gasteiger partial charge in [-0.1, -0.05) is 18.2 Å². The summed E-state index contributed by atoms with van der Waals surface area (Å²) >= 11 is 0. The lowest BCUT2D eigenvalue weighted by Gasteiger charge is -2.29. The van der Waals surface area contributed by atoms with Crippen molar-refractivity contribution < 1.29 is 14.0 Å². The third kappa shape index (κ3) is 2.81. The van der Waals surface area contributed by atoms with Gasteiger partial charge in [-0.3, -0.25) is 9.59 Å². The van der Waals surface area contributed by atoms with Crippen molar-refractivity contribution in [2.75, 3.05) is 18.0 Å². The number of anilines is 1. The summed E-state index contributed by atoms with van der Waals surface area (Å²) in [6.07, 6.45) is 2.76. The van der Waals surface area contributed by atoms with Crippen LogP contribution in [-0.2, 0) is 11.2 Å². The number of para-hydroxylation sites is 1. The Kier molecular flexibility index (Phi) is 3.73. The molecule has 1 aromatic heterocycles. The number of benzene rings is 1. The molecule has 0 spiro atoms. The molecule has 5 nitrogen and oxygen atoms in total. The van der Waals surface area contributed by atoms with Crippen LogP contribution in [0.1, 0.15) is 22.5 Å². The van der Waals surface area contributed by atoms with Crippen LogP contribution < -0.4 is 10.2 Å². The van der Waals surface area contributed by atoms with Gasteiger partial charge in [-0.25, -0.2) is 0 Å². The number of hydrogen-bond donors (Lipinski definition) is 1. The van der Waals surface area contributed by atoms with E-state index in [1.165, 1.54) is 11.8 Å². The van der Waals surface area contributed by atoms with E-state index >= 15 is 0 Å². The largest absolute Gasteiger partial charge is 0.459 e. The number of furan rings is 1. The topological polar surface area (TPSA) is 62.6 Å². The minimum absolute atomic E-state index is 0.0981. The lowest BCUT2D eigenvalue weighted by atomic mass is 10.0. The maximum atomic E-state index is 12.1. The Morgan fingerprint density at radius 2 is 2.05 bits per heavy atom. The molecule has 0 atom stereocenters. The third-order valence-electron chi connectivity index (χ3n) is 3.56. The lowest BCUT2D eigenvalue weighted by molar-refractivity contribution is -0.118. The van der Waals surface area contributed by atoms with E-state index in [-0.39, 0.29) is 17.6 Å². The molecule has 2 amide bonds. The summed E-state index contributed by atoms with van der Waals surface area (Å²) in [7, 11) is 0. The highest BCUT2D eigenvalue weighted by atomic mass is 16.3. The molecule has 0 aliphatic carbocycles. The molecule has 1 N–H and O–H groups in total. The van der Waals surface area contributed by atoms with Crippen LogP contribution in [0.2, 0.25) is 0 Å². The SMILES string of the molecule is O=C(NCCN1C(=O)CCc2ccccc21)c1ccco1. The molecule has 5 heteroatoms. The lowest BCUT2D eigenvalue weighted by Crippen LogP contribution is -2.41. The minimum atomic E-state index is -0.266. The summed E-state index contributed by atoms with van der Waals surface area (Å²) < 4.78 is 5.02. The van der Waals surface area contributed by atoms with E-state index in [2.05, 4.69) is 5.32 Å². The molecule has 0 unspecified atom stereocenters. The molecule has 0 fully saturated rings. The fourth-order valence-electron chi connectivity index (χ4n) is 2.52. The molecule has 2 heterocycles. The van der Waals surface area contributed by atoms with E-state index in [9.17, 15) is 9.59 Å². The molecule has 108 valence electrons. The van der Waals surface area contributed by atoms with Gasteiger partial charge in [0.15, 0.2) is 5.76 Å². The van der Waals surface area contributed by atoms with Crippen LogP contribution in [0.3, 0.4) is 0 Å². The highest BCUT2D eigenvalue weighted by molar-refractivity contribution is 5.96. The van der Waals surface area contributed by atoms with E-state index in [1.807, 2.05) is 24.3 Å². The summed E-state index contributed by atoms with van der Waals surface area (Å²) in [5, 5.41) is 2.76. The first kappa shape index (κ1) is 13.4. The zero-order valence-corrected chi connectivity index (χ0v) is 11.5. The van der Waals surface area contributed by atoms with Gasteiger partial charge in [0.1, 0.15) is 0 Å². The van der Waals surface area contributed by atoms with Crippen molar-refractivity contribution in [3.05, 3.63) is 54.0 Å². The van der Waals surface area contributed by atoms with Crippen molar-refractivity contribution in [1.82, 2.24) is 5.32 Å². The van der Waals surface area contributed by atoms with Gasteiger partial charge in [0, 0.05) is 25.2 Å². The second-order valence-electron chi connectivity index (χ2n) is 4.91. The van der Waals surface area contributed by atoms with E-state index in [1.54, 1.807) is 17.0 Å². The van der Waals surface area contributed by atoms with Crippen LogP contribution >= 0.6 is 0 Å². The van der Waals surface area contributed by atoms with Gasteiger partial charge >= 0.3 is 0 Å². The van der Waals surface area contributed by atoms with Crippen LogP contribution in [0.15, 0.2) is 47.1 Å². The predicted molar refractivity (Wildman–Crippen MR) is 78.2 cm³/mol. The maximum absolute atomic E-state index is 12.1. The Hall–Kier alpha value is -2.56. The van der Waals surface area contributed by atoms with Crippen molar-refractivity contribution in [1.29, 1.82) is 0 Å². The molecule has 0 saturated heterocycles. The first-order valence-electron chi connectivity index (χ1n) is 6.95. The summed E-state index contributed by atoms with van der Waals surface area (Å²) in [4.78, 5) is 25.6. The average Bonchev–Trinajstić information content (AvgIpc) is 3.04. The fourth-order valence-corrected chi connectivity index (χ4v) is 2.52. The molecule has 1 aromatic carbocycles. The zero-order chi connectivity index (χ0) is 14.7. The van der Waals surface area contributed by atoms with E-state index in [4.69, 9.17) is 4.42 Å². The molecule has 3 rings (SSSR count). The van der Waals surface area contributed by atoms with Gasteiger partial charge < -0.3 is 14.6 Å². The second-order valence-corrected chi connectivity index (χ2v) is 4.91. The number of carbonyl (C=O) groups excluding carboxylic acids is 2. The Balaban J connectivity index is 1.63. The van der Waals surface area contributed by atoms with Crippen molar-refractivity contribution >= 4 is 17.5 Å². The maximum Gasteiger partial charge on any atom is 0.287 e. The first-order valence-corrected chi connectivity index (χ1v) is 6.95. The van der Waals surface area contributed by atoms with Crippen LogP contribution in [0, 0.1) is 0 Å². The number of hydrogen-bond acceptors (Lipinski definition) is 3. The molecular formula is C16H16N2O3. The Labute approximate surface area is 122 Å². The Bertz CT molecular complexity index is 649. The molecule has 1 aliphatic rings. The molecule has 0 saturated carbocycles. The number of nitrogens with zero attached hydrogens (tertiary/aromatic N) is 1. The number of amides is 2. The number of nitrogens with one attached hydrogen (secondary N) is 1. The van der Waals surface area contributed by atoms with Gasteiger partial charge in [-0.2, -0.15) is 0 Å². The highest BCUT2D eigenvalue weighted by Gasteiger charge is 2.23. The Morgan fingerprint density at radius 3 is 2.86 bits per heavy atom. The fraction of sp³-hybridized carbons (Fsp3) is 0.250. The number of aryl methyl sites for hydroxylation is 1.